The number of rotatable bonds is 7. The van der Waals surface area contributed by atoms with Crippen molar-refractivity contribution in [1.29, 1.82) is 0 Å². The molecule has 0 atom stereocenters. The van der Waals surface area contributed by atoms with E-state index in [4.69, 9.17) is 16.3 Å². The SMILES string of the molecule is Cc1cc(Nc2nccc(-c3ccc(Cl)cc3)n2)cc(OCCN2CCN(C)CC2)c1. The van der Waals surface area contributed by atoms with Crippen LogP contribution in [0.5, 0.6) is 5.75 Å². The molecule has 0 spiro atoms. The Labute approximate surface area is 188 Å². The van der Waals surface area contributed by atoms with Crippen molar-refractivity contribution >= 4 is 23.2 Å². The van der Waals surface area contributed by atoms with Gasteiger partial charge in [-0.05, 0) is 49.9 Å². The lowest BCUT2D eigenvalue weighted by molar-refractivity contribution is 0.134. The molecule has 0 saturated carbocycles. The van der Waals surface area contributed by atoms with Gasteiger partial charge in [-0.2, -0.15) is 0 Å². The molecule has 0 radical (unpaired) electrons. The smallest absolute Gasteiger partial charge is 0.227 e. The van der Waals surface area contributed by atoms with Crippen molar-refractivity contribution in [3.63, 3.8) is 0 Å². The molecule has 1 N–H and O–H groups in total. The topological polar surface area (TPSA) is 53.5 Å². The van der Waals surface area contributed by atoms with E-state index in [-0.39, 0.29) is 0 Å². The van der Waals surface area contributed by atoms with Gasteiger partial charge in [0.05, 0.1) is 5.69 Å². The van der Waals surface area contributed by atoms with Gasteiger partial charge >= 0.3 is 0 Å². The highest BCUT2D eigenvalue weighted by molar-refractivity contribution is 6.30. The first kappa shape index (κ1) is 21.6. The van der Waals surface area contributed by atoms with Crippen LogP contribution in [0, 0.1) is 6.92 Å². The van der Waals surface area contributed by atoms with E-state index in [9.17, 15) is 0 Å². The van der Waals surface area contributed by atoms with Crippen LogP contribution in [0.15, 0.2) is 54.7 Å². The summed E-state index contributed by atoms with van der Waals surface area (Å²) < 4.78 is 6.05. The second-order valence-electron chi connectivity index (χ2n) is 7.93. The monoisotopic (exact) mass is 437 g/mol. The van der Waals surface area contributed by atoms with Crippen LogP contribution in [0.2, 0.25) is 5.02 Å². The number of ether oxygens (including phenoxy) is 1. The quantitative estimate of drug-likeness (QED) is 0.588. The molecule has 31 heavy (non-hydrogen) atoms. The molecule has 1 saturated heterocycles. The molecular weight excluding hydrogens is 410 g/mol. The number of nitrogens with zero attached hydrogens (tertiary/aromatic N) is 4. The lowest BCUT2D eigenvalue weighted by Crippen LogP contribution is -2.45. The van der Waals surface area contributed by atoms with Crippen LogP contribution >= 0.6 is 11.6 Å². The Morgan fingerprint density at radius 2 is 1.81 bits per heavy atom. The predicted molar refractivity (Wildman–Crippen MR) is 126 cm³/mol. The first-order valence-electron chi connectivity index (χ1n) is 10.6. The van der Waals surface area contributed by atoms with Crippen molar-refractivity contribution in [1.82, 2.24) is 19.8 Å². The van der Waals surface area contributed by atoms with E-state index in [1.807, 2.05) is 36.4 Å². The molecule has 0 aliphatic carbocycles. The average molecular weight is 438 g/mol. The number of hydrogen-bond donors (Lipinski definition) is 1. The fourth-order valence-corrected chi connectivity index (χ4v) is 3.72. The van der Waals surface area contributed by atoms with E-state index in [1.54, 1.807) is 6.20 Å². The van der Waals surface area contributed by atoms with E-state index in [1.165, 1.54) is 0 Å². The minimum Gasteiger partial charge on any atom is -0.492 e. The summed E-state index contributed by atoms with van der Waals surface area (Å²) in [6, 6.07) is 15.6. The van der Waals surface area contributed by atoms with Gasteiger partial charge in [-0.1, -0.05) is 23.7 Å². The van der Waals surface area contributed by atoms with Crippen molar-refractivity contribution < 1.29 is 4.74 Å². The Bertz CT molecular complexity index is 1000. The second kappa shape index (κ2) is 10.1. The summed E-state index contributed by atoms with van der Waals surface area (Å²) in [4.78, 5) is 13.8. The van der Waals surface area contributed by atoms with Crippen LogP contribution in [0.1, 0.15) is 5.56 Å². The average Bonchev–Trinajstić information content (AvgIpc) is 2.75. The molecule has 6 nitrogen and oxygen atoms in total. The van der Waals surface area contributed by atoms with E-state index >= 15 is 0 Å². The number of halogens is 1. The lowest BCUT2D eigenvalue weighted by atomic mass is 10.1. The fourth-order valence-electron chi connectivity index (χ4n) is 3.60. The predicted octanol–water partition coefficient (Wildman–Crippen LogP) is 4.48. The number of nitrogens with one attached hydrogen (secondary N) is 1. The van der Waals surface area contributed by atoms with Gasteiger partial charge in [0.2, 0.25) is 5.95 Å². The zero-order valence-corrected chi connectivity index (χ0v) is 18.8. The molecule has 2 heterocycles. The number of piperazine rings is 1. The van der Waals surface area contributed by atoms with Gasteiger partial charge in [0, 0.05) is 61.3 Å². The van der Waals surface area contributed by atoms with Crippen LogP contribution in [-0.4, -0.2) is 66.1 Å². The van der Waals surface area contributed by atoms with Crippen LogP contribution < -0.4 is 10.1 Å². The number of anilines is 2. The van der Waals surface area contributed by atoms with Gasteiger partial charge in [0.15, 0.2) is 0 Å². The third-order valence-electron chi connectivity index (χ3n) is 5.37. The molecule has 4 rings (SSSR count). The Morgan fingerprint density at radius 1 is 1.03 bits per heavy atom. The Morgan fingerprint density at radius 3 is 2.58 bits per heavy atom. The van der Waals surface area contributed by atoms with Crippen molar-refractivity contribution in [3.8, 4) is 17.0 Å². The molecule has 3 aromatic rings. The van der Waals surface area contributed by atoms with Crippen molar-refractivity contribution in [2.75, 3.05) is 51.7 Å². The van der Waals surface area contributed by atoms with E-state index in [0.29, 0.717) is 17.6 Å². The van der Waals surface area contributed by atoms with Gasteiger partial charge in [0.25, 0.3) is 0 Å². The zero-order chi connectivity index (χ0) is 21.6. The van der Waals surface area contributed by atoms with E-state index in [2.05, 4.69) is 51.2 Å². The summed E-state index contributed by atoms with van der Waals surface area (Å²) >= 11 is 5.99. The summed E-state index contributed by atoms with van der Waals surface area (Å²) in [6.45, 7) is 8.11. The summed E-state index contributed by atoms with van der Waals surface area (Å²) in [5, 5.41) is 4.01. The standard InChI is InChI=1S/C24H28ClN5O/c1-18-15-21(17-22(16-18)31-14-13-30-11-9-29(2)10-12-30)27-24-26-8-7-23(28-24)19-3-5-20(25)6-4-19/h3-8,15-17H,9-14H2,1-2H3,(H,26,27,28). The normalized spacial score (nSPS) is 15.1. The number of benzene rings is 2. The summed E-state index contributed by atoms with van der Waals surface area (Å²) in [6.07, 6.45) is 1.75. The number of aromatic nitrogens is 2. The molecule has 0 amide bonds. The van der Waals surface area contributed by atoms with Crippen LogP contribution in [0.25, 0.3) is 11.3 Å². The van der Waals surface area contributed by atoms with Gasteiger partial charge < -0.3 is 15.0 Å². The van der Waals surface area contributed by atoms with Crippen LogP contribution in [0.4, 0.5) is 11.6 Å². The largest absolute Gasteiger partial charge is 0.492 e. The second-order valence-corrected chi connectivity index (χ2v) is 8.36. The molecule has 1 aromatic heterocycles. The summed E-state index contributed by atoms with van der Waals surface area (Å²) in [7, 11) is 2.17. The Hall–Kier alpha value is -2.67. The van der Waals surface area contributed by atoms with Gasteiger partial charge in [-0.15, -0.1) is 0 Å². The third kappa shape index (κ3) is 6.17. The molecule has 1 fully saturated rings. The summed E-state index contributed by atoms with van der Waals surface area (Å²) in [5.41, 5.74) is 3.86. The Balaban J connectivity index is 1.39. The number of aryl methyl sites for hydroxylation is 1. The number of likely N-dealkylation sites (N-methyl/N-ethyl adjacent to an activating group) is 1. The maximum atomic E-state index is 6.05. The lowest BCUT2D eigenvalue weighted by Gasteiger charge is -2.32. The molecule has 1 aliphatic heterocycles. The van der Waals surface area contributed by atoms with Crippen molar-refractivity contribution in [3.05, 3.63) is 65.3 Å². The van der Waals surface area contributed by atoms with Gasteiger partial charge in [-0.3, -0.25) is 4.90 Å². The van der Waals surface area contributed by atoms with Crippen LogP contribution in [-0.2, 0) is 0 Å². The molecule has 7 heteroatoms. The summed E-state index contributed by atoms with van der Waals surface area (Å²) in [5.74, 6) is 1.40. The first-order valence-corrected chi connectivity index (χ1v) is 10.9. The zero-order valence-electron chi connectivity index (χ0n) is 18.0. The van der Waals surface area contributed by atoms with Crippen molar-refractivity contribution in [2.45, 2.75) is 6.92 Å². The fraction of sp³-hybridized carbons (Fsp3) is 0.333. The maximum Gasteiger partial charge on any atom is 0.227 e. The van der Waals surface area contributed by atoms with Crippen LogP contribution in [0.3, 0.4) is 0 Å². The first-order chi connectivity index (χ1) is 15.0. The highest BCUT2D eigenvalue weighted by atomic mass is 35.5. The third-order valence-corrected chi connectivity index (χ3v) is 5.63. The van der Waals surface area contributed by atoms with Gasteiger partial charge in [-0.25, -0.2) is 9.97 Å². The molecule has 1 aliphatic rings. The van der Waals surface area contributed by atoms with E-state index in [0.717, 1.165) is 61.0 Å². The highest BCUT2D eigenvalue weighted by Crippen LogP contribution is 2.25. The molecular formula is C24H28ClN5O. The maximum absolute atomic E-state index is 6.05. The Kier molecular flexibility index (Phi) is 7.02. The molecule has 0 unspecified atom stereocenters. The van der Waals surface area contributed by atoms with Crippen molar-refractivity contribution in [2.24, 2.45) is 0 Å². The minimum atomic E-state index is 0.543. The van der Waals surface area contributed by atoms with Gasteiger partial charge in [0.1, 0.15) is 12.4 Å². The van der Waals surface area contributed by atoms with E-state index < -0.39 is 0 Å². The number of hydrogen-bond acceptors (Lipinski definition) is 6. The molecule has 2 aromatic carbocycles. The highest BCUT2D eigenvalue weighted by Gasteiger charge is 2.13. The molecule has 0 bridgehead atoms. The molecule has 162 valence electrons. The minimum absolute atomic E-state index is 0.543.